The lowest BCUT2D eigenvalue weighted by atomic mass is 9.91. The van der Waals surface area contributed by atoms with Crippen molar-refractivity contribution in [1.29, 1.82) is 0 Å². The molecule has 21 heavy (non-hydrogen) atoms. The van der Waals surface area contributed by atoms with E-state index in [-0.39, 0.29) is 25.0 Å². The highest BCUT2D eigenvalue weighted by molar-refractivity contribution is 6.31. The van der Waals surface area contributed by atoms with Gasteiger partial charge in [-0.25, -0.2) is 4.79 Å². The molecule has 7 nitrogen and oxygen atoms in total. The number of carboxylic acid groups (broad SMARTS) is 1. The van der Waals surface area contributed by atoms with Gasteiger partial charge in [0, 0.05) is 26.3 Å². The number of hydrogen-bond acceptors (Lipinski definition) is 3. The molecule has 0 spiro atoms. The minimum Gasteiger partial charge on any atom is -0.481 e. The number of rotatable bonds is 3. The van der Waals surface area contributed by atoms with Crippen LogP contribution in [0.1, 0.15) is 19.0 Å². The van der Waals surface area contributed by atoms with Crippen molar-refractivity contribution in [3.8, 4) is 0 Å². The van der Waals surface area contributed by atoms with E-state index < -0.39 is 11.9 Å². The fraction of sp³-hybridized carbons (Fsp3) is 0.615. The first-order valence-electron chi connectivity index (χ1n) is 6.80. The summed E-state index contributed by atoms with van der Waals surface area (Å²) >= 11 is 5.98. The minimum absolute atomic E-state index is 0.170. The first kappa shape index (κ1) is 15.6. The molecule has 2 rings (SSSR count). The molecular formula is C13H19ClN4O3. The predicted molar refractivity (Wildman–Crippen MR) is 76.9 cm³/mol. The number of piperidine rings is 1. The van der Waals surface area contributed by atoms with Crippen LogP contribution in [0.15, 0.2) is 6.20 Å². The molecule has 2 heterocycles. The van der Waals surface area contributed by atoms with Gasteiger partial charge in [0.15, 0.2) is 0 Å². The van der Waals surface area contributed by atoms with E-state index in [9.17, 15) is 9.59 Å². The van der Waals surface area contributed by atoms with Crippen LogP contribution in [-0.4, -0.2) is 44.9 Å². The van der Waals surface area contributed by atoms with Gasteiger partial charge in [-0.2, -0.15) is 5.10 Å². The number of carboxylic acids is 1. The van der Waals surface area contributed by atoms with Gasteiger partial charge >= 0.3 is 12.0 Å². The van der Waals surface area contributed by atoms with Crippen molar-refractivity contribution in [2.45, 2.75) is 19.9 Å². The van der Waals surface area contributed by atoms with Gasteiger partial charge in [-0.3, -0.25) is 9.48 Å². The van der Waals surface area contributed by atoms with Crippen LogP contribution in [-0.2, 0) is 18.4 Å². The lowest BCUT2D eigenvalue weighted by Crippen LogP contribution is -2.49. The zero-order chi connectivity index (χ0) is 15.6. The lowest BCUT2D eigenvalue weighted by molar-refractivity contribution is -0.143. The van der Waals surface area contributed by atoms with Gasteiger partial charge in [-0.05, 0) is 12.3 Å². The van der Waals surface area contributed by atoms with Crippen molar-refractivity contribution in [1.82, 2.24) is 20.0 Å². The Bertz CT molecular complexity index is 546. The van der Waals surface area contributed by atoms with Crippen molar-refractivity contribution < 1.29 is 14.7 Å². The monoisotopic (exact) mass is 314 g/mol. The number of likely N-dealkylation sites (tertiary alicyclic amines) is 1. The predicted octanol–water partition coefficient (Wildman–Crippen LogP) is 1.33. The number of urea groups is 1. The zero-order valence-corrected chi connectivity index (χ0v) is 12.8. The number of aryl methyl sites for hydroxylation is 1. The highest BCUT2D eigenvalue weighted by Crippen LogP contribution is 2.22. The summed E-state index contributed by atoms with van der Waals surface area (Å²) in [6.07, 6.45) is 2.26. The van der Waals surface area contributed by atoms with E-state index in [0.717, 1.165) is 0 Å². The maximum Gasteiger partial charge on any atom is 0.317 e. The van der Waals surface area contributed by atoms with Gasteiger partial charge in [0.05, 0.1) is 17.5 Å². The highest BCUT2D eigenvalue weighted by Gasteiger charge is 2.31. The van der Waals surface area contributed by atoms with Crippen molar-refractivity contribution in [2.24, 2.45) is 18.9 Å². The summed E-state index contributed by atoms with van der Waals surface area (Å²) in [5.41, 5.74) is 0.590. The van der Waals surface area contributed by atoms with Crippen LogP contribution >= 0.6 is 11.6 Å². The molecule has 2 amide bonds. The Morgan fingerprint density at radius 1 is 1.52 bits per heavy atom. The summed E-state index contributed by atoms with van der Waals surface area (Å²) in [6.45, 7) is 2.97. The topological polar surface area (TPSA) is 87.5 Å². The molecule has 116 valence electrons. The molecule has 0 bridgehead atoms. The number of hydrogen-bond donors (Lipinski definition) is 2. The van der Waals surface area contributed by atoms with Crippen molar-refractivity contribution in [2.75, 3.05) is 13.1 Å². The Balaban J connectivity index is 1.93. The molecule has 1 aromatic rings. The second-order valence-electron chi connectivity index (χ2n) is 5.54. The number of aliphatic carboxylic acids is 1. The van der Waals surface area contributed by atoms with Crippen LogP contribution in [0.3, 0.4) is 0 Å². The third-order valence-corrected chi connectivity index (χ3v) is 3.87. The SMILES string of the molecule is C[C@H]1C[C@H](C(=O)O)CN(C(=O)NCc2nn(C)cc2Cl)C1. The molecule has 2 atom stereocenters. The number of carbonyl (C=O) groups excluding carboxylic acids is 1. The van der Waals surface area contributed by atoms with Crippen molar-refractivity contribution >= 4 is 23.6 Å². The normalized spacial score (nSPS) is 22.1. The van der Waals surface area contributed by atoms with Crippen molar-refractivity contribution in [3.05, 3.63) is 16.9 Å². The van der Waals surface area contributed by atoms with E-state index >= 15 is 0 Å². The standard InChI is InChI=1S/C13H19ClN4O3/c1-8-3-9(12(19)20)6-18(5-8)13(21)15-4-11-10(14)7-17(2)16-11/h7-9H,3-6H2,1-2H3,(H,15,21)(H,19,20)/t8-,9-/m0/s1. The van der Waals surface area contributed by atoms with E-state index in [1.54, 1.807) is 22.8 Å². The van der Waals surface area contributed by atoms with Gasteiger partial charge in [-0.15, -0.1) is 0 Å². The quantitative estimate of drug-likeness (QED) is 0.881. The highest BCUT2D eigenvalue weighted by atomic mass is 35.5. The molecule has 2 N–H and O–H groups in total. The number of amides is 2. The summed E-state index contributed by atoms with van der Waals surface area (Å²) in [6, 6.07) is -0.283. The molecule has 0 aliphatic carbocycles. The second-order valence-corrected chi connectivity index (χ2v) is 5.94. The fourth-order valence-corrected chi connectivity index (χ4v) is 2.84. The third-order valence-electron chi connectivity index (χ3n) is 3.56. The summed E-state index contributed by atoms with van der Waals surface area (Å²) < 4.78 is 1.58. The van der Waals surface area contributed by atoms with Gasteiger partial charge in [0.2, 0.25) is 0 Å². The molecule has 8 heteroatoms. The van der Waals surface area contributed by atoms with Crippen LogP contribution in [0.25, 0.3) is 0 Å². The van der Waals surface area contributed by atoms with Crippen molar-refractivity contribution in [3.63, 3.8) is 0 Å². The number of nitrogens with one attached hydrogen (secondary N) is 1. The maximum atomic E-state index is 12.1. The van der Waals surface area contributed by atoms with E-state index in [2.05, 4.69) is 10.4 Å². The Labute approximate surface area is 127 Å². The lowest BCUT2D eigenvalue weighted by Gasteiger charge is -2.34. The van der Waals surface area contributed by atoms with E-state index in [1.807, 2.05) is 6.92 Å². The first-order chi connectivity index (χ1) is 9.86. The van der Waals surface area contributed by atoms with E-state index in [4.69, 9.17) is 16.7 Å². The fourth-order valence-electron chi connectivity index (χ4n) is 2.59. The largest absolute Gasteiger partial charge is 0.481 e. The summed E-state index contributed by atoms with van der Waals surface area (Å²) in [5.74, 6) is -1.19. The first-order valence-corrected chi connectivity index (χ1v) is 7.18. The van der Waals surface area contributed by atoms with Crippen LogP contribution in [0.5, 0.6) is 0 Å². The molecule has 1 aliphatic heterocycles. The second kappa shape index (κ2) is 6.34. The smallest absolute Gasteiger partial charge is 0.317 e. The number of halogens is 1. The zero-order valence-electron chi connectivity index (χ0n) is 12.0. The third kappa shape index (κ3) is 3.87. The average Bonchev–Trinajstić information content (AvgIpc) is 2.73. The molecule has 0 unspecified atom stereocenters. The molecular weight excluding hydrogens is 296 g/mol. The minimum atomic E-state index is -0.855. The van der Waals surface area contributed by atoms with E-state index in [1.165, 1.54) is 0 Å². The molecule has 1 saturated heterocycles. The summed E-state index contributed by atoms with van der Waals surface area (Å²) in [5, 5.41) is 16.5. The molecule has 0 aromatic carbocycles. The summed E-state index contributed by atoms with van der Waals surface area (Å²) in [4.78, 5) is 24.8. The molecule has 1 aromatic heterocycles. The van der Waals surface area contributed by atoms with Gasteiger partial charge in [-0.1, -0.05) is 18.5 Å². The van der Waals surface area contributed by atoms with Crippen LogP contribution in [0.2, 0.25) is 5.02 Å². The van der Waals surface area contributed by atoms with Gasteiger partial charge in [0.1, 0.15) is 5.69 Å². The van der Waals surface area contributed by atoms with Crippen LogP contribution in [0, 0.1) is 11.8 Å². The Kier molecular flexibility index (Phi) is 4.72. The van der Waals surface area contributed by atoms with Crippen LogP contribution in [0.4, 0.5) is 4.79 Å². The Morgan fingerprint density at radius 2 is 2.24 bits per heavy atom. The van der Waals surface area contributed by atoms with Crippen LogP contribution < -0.4 is 5.32 Å². The molecule has 1 fully saturated rings. The number of nitrogens with zero attached hydrogens (tertiary/aromatic N) is 3. The number of carbonyl (C=O) groups is 2. The Morgan fingerprint density at radius 3 is 2.81 bits per heavy atom. The maximum absolute atomic E-state index is 12.1. The average molecular weight is 315 g/mol. The van der Waals surface area contributed by atoms with E-state index in [0.29, 0.717) is 23.7 Å². The van der Waals surface area contributed by atoms with Gasteiger partial charge < -0.3 is 15.3 Å². The molecule has 1 aliphatic rings. The molecule has 0 radical (unpaired) electrons. The Hall–Kier alpha value is -1.76. The molecule has 0 saturated carbocycles. The number of aromatic nitrogens is 2. The summed E-state index contributed by atoms with van der Waals surface area (Å²) in [7, 11) is 1.75. The van der Waals surface area contributed by atoms with Gasteiger partial charge in [0.25, 0.3) is 0 Å².